The summed E-state index contributed by atoms with van der Waals surface area (Å²) in [7, 11) is 0. The van der Waals surface area contributed by atoms with Crippen molar-refractivity contribution in [1.29, 1.82) is 0 Å². The zero-order valence-electron chi connectivity index (χ0n) is 12.9. The molecule has 3 nitrogen and oxygen atoms in total. The zero-order valence-corrected chi connectivity index (χ0v) is 13.7. The van der Waals surface area contributed by atoms with Gasteiger partial charge in [-0.25, -0.2) is 0 Å². The highest BCUT2D eigenvalue weighted by Crippen LogP contribution is 2.45. The third-order valence-electron chi connectivity index (χ3n) is 5.78. The van der Waals surface area contributed by atoms with Crippen LogP contribution < -0.4 is 0 Å². The number of carbonyl (C=O) groups is 1. The predicted octanol–water partition coefficient (Wildman–Crippen LogP) is 3.17. The van der Waals surface area contributed by atoms with E-state index >= 15 is 0 Å². The molecular weight excluding hydrogens is 298 g/mol. The van der Waals surface area contributed by atoms with E-state index in [0.29, 0.717) is 5.92 Å². The van der Waals surface area contributed by atoms with Gasteiger partial charge in [0.05, 0.1) is 5.41 Å². The molecule has 1 aromatic carbocycles. The van der Waals surface area contributed by atoms with Crippen molar-refractivity contribution in [3.05, 3.63) is 35.9 Å². The molecule has 1 unspecified atom stereocenters. The van der Waals surface area contributed by atoms with Gasteiger partial charge in [-0.05, 0) is 50.3 Å². The first-order valence-corrected chi connectivity index (χ1v) is 8.27. The standard InChI is InChI=1S/C18H23NO2.ClH/c20-17(21-16-13-19-11-7-14(16)8-12-19)18(9-4-10-18)15-5-2-1-3-6-15;/h1-3,5-6,14,16H,4,7-13H2;1H. The summed E-state index contributed by atoms with van der Waals surface area (Å²) in [5, 5.41) is 0. The summed E-state index contributed by atoms with van der Waals surface area (Å²) in [5.74, 6) is 0.616. The zero-order chi connectivity index (χ0) is 14.3. The van der Waals surface area contributed by atoms with Crippen LogP contribution in [0.15, 0.2) is 30.3 Å². The molecule has 22 heavy (non-hydrogen) atoms. The largest absolute Gasteiger partial charge is 0.460 e. The highest BCUT2D eigenvalue weighted by molar-refractivity contribution is 5.85. The minimum atomic E-state index is -0.354. The maximum Gasteiger partial charge on any atom is 0.316 e. The molecule has 0 amide bonds. The molecule has 1 aromatic rings. The summed E-state index contributed by atoms with van der Waals surface area (Å²) in [6.45, 7) is 3.31. The van der Waals surface area contributed by atoms with E-state index in [1.807, 2.05) is 18.2 Å². The Kier molecular flexibility index (Phi) is 4.47. The molecule has 5 rings (SSSR count). The lowest BCUT2D eigenvalue weighted by atomic mass is 9.64. The van der Waals surface area contributed by atoms with Gasteiger partial charge in [-0.1, -0.05) is 36.8 Å². The molecule has 120 valence electrons. The number of benzene rings is 1. The minimum absolute atomic E-state index is 0. The topological polar surface area (TPSA) is 29.5 Å². The fourth-order valence-electron chi connectivity index (χ4n) is 4.19. The van der Waals surface area contributed by atoms with Gasteiger partial charge in [0.25, 0.3) is 0 Å². The van der Waals surface area contributed by atoms with Crippen molar-refractivity contribution < 1.29 is 9.53 Å². The number of hydrogen-bond acceptors (Lipinski definition) is 3. The van der Waals surface area contributed by atoms with Gasteiger partial charge in [0, 0.05) is 6.54 Å². The van der Waals surface area contributed by atoms with Gasteiger partial charge in [0.2, 0.25) is 0 Å². The molecule has 2 bridgehead atoms. The average Bonchev–Trinajstić information content (AvgIpc) is 2.48. The van der Waals surface area contributed by atoms with E-state index in [1.165, 1.54) is 25.9 Å². The van der Waals surface area contributed by atoms with E-state index in [4.69, 9.17) is 4.74 Å². The summed E-state index contributed by atoms with van der Waals surface area (Å²) >= 11 is 0. The Balaban J connectivity index is 0.00000144. The van der Waals surface area contributed by atoms with E-state index in [0.717, 1.165) is 31.4 Å². The van der Waals surface area contributed by atoms with E-state index < -0.39 is 0 Å². The molecule has 3 aliphatic heterocycles. The van der Waals surface area contributed by atoms with Gasteiger partial charge in [0.1, 0.15) is 6.10 Å². The highest BCUT2D eigenvalue weighted by atomic mass is 35.5. The normalized spacial score (nSPS) is 31.7. The van der Waals surface area contributed by atoms with Gasteiger partial charge in [0.15, 0.2) is 0 Å². The minimum Gasteiger partial charge on any atom is -0.460 e. The monoisotopic (exact) mass is 321 g/mol. The van der Waals surface area contributed by atoms with Crippen LogP contribution in [0.25, 0.3) is 0 Å². The lowest BCUT2D eigenvalue weighted by Gasteiger charge is -2.46. The summed E-state index contributed by atoms with van der Waals surface area (Å²) in [4.78, 5) is 15.3. The Bertz CT molecular complexity index is 521. The summed E-state index contributed by atoms with van der Waals surface area (Å²) in [5.41, 5.74) is 0.787. The van der Waals surface area contributed by atoms with E-state index in [9.17, 15) is 4.79 Å². The molecule has 4 heteroatoms. The fourth-order valence-corrected chi connectivity index (χ4v) is 4.19. The Morgan fingerprint density at radius 1 is 1.14 bits per heavy atom. The predicted molar refractivity (Wildman–Crippen MR) is 88.3 cm³/mol. The molecule has 1 atom stereocenters. The Labute approximate surface area is 138 Å². The van der Waals surface area contributed by atoms with E-state index in [2.05, 4.69) is 17.0 Å². The summed E-state index contributed by atoms with van der Waals surface area (Å²) in [6.07, 6.45) is 5.52. The van der Waals surface area contributed by atoms with Crippen LogP contribution >= 0.6 is 12.4 Å². The second kappa shape index (κ2) is 6.21. The first kappa shape index (κ1) is 15.8. The number of halogens is 1. The van der Waals surface area contributed by atoms with E-state index in [1.54, 1.807) is 0 Å². The Morgan fingerprint density at radius 2 is 1.82 bits per heavy atom. The first-order chi connectivity index (χ1) is 10.3. The van der Waals surface area contributed by atoms with Gasteiger partial charge >= 0.3 is 5.97 Å². The third-order valence-corrected chi connectivity index (χ3v) is 5.78. The van der Waals surface area contributed by atoms with Crippen molar-refractivity contribution in [2.45, 2.75) is 43.6 Å². The highest BCUT2D eigenvalue weighted by Gasteiger charge is 2.49. The van der Waals surface area contributed by atoms with Crippen LogP contribution in [0.1, 0.15) is 37.7 Å². The fraction of sp³-hybridized carbons (Fsp3) is 0.611. The van der Waals surface area contributed by atoms with Crippen LogP contribution in [0.3, 0.4) is 0 Å². The van der Waals surface area contributed by atoms with Crippen molar-refractivity contribution in [2.24, 2.45) is 5.92 Å². The van der Waals surface area contributed by atoms with Crippen molar-refractivity contribution in [3.8, 4) is 0 Å². The molecule has 4 fully saturated rings. The molecule has 4 aliphatic rings. The lowest BCUT2D eigenvalue weighted by molar-refractivity contribution is -0.169. The molecule has 3 saturated heterocycles. The number of carbonyl (C=O) groups excluding carboxylic acids is 1. The number of esters is 1. The lowest BCUT2D eigenvalue weighted by Crippen LogP contribution is -2.54. The van der Waals surface area contributed by atoms with Gasteiger partial charge in [-0.2, -0.15) is 0 Å². The number of rotatable bonds is 3. The Hall–Kier alpha value is -1.06. The maximum atomic E-state index is 12.9. The smallest absolute Gasteiger partial charge is 0.316 e. The average molecular weight is 322 g/mol. The van der Waals surface area contributed by atoms with Gasteiger partial charge < -0.3 is 4.74 Å². The number of piperidine rings is 3. The number of ether oxygens (including phenoxy) is 1. The molecule has 0 spiro atoms. The molecule has 3 heterocycles. The van der Waals surface area contributed by atoms with Crippen molar-refractivity contribution in [3.63, 3.8) is 0 Å². The molecule has 0 N–H and O–H groups in total. The van der Waals surface area contributed by atoms with Crippen molar-refractivity contribution in [1.82, 2.24) is 4.90 Å². The van der Waals surface area contributed by atoms with Crippen LogP contribution in [0, 0.1) is 5.92 Å². The third kappa shape index (κ3) is 2.55. The second-order valence-electron chi connectivity index (χ2n) is 6.88. The summed E-state index contributed by atoms with van der Waals surface area (Å²) < 4.78 is 6.01. The van der Waals surface area contributed by atoms with Gasteiger partial charge in [-0.3, -0.25) is 9.69 Å². The van der Waals surface area contributed by atoms with Crippen LogP contribution in [-0.4, -0.2) is 36.6 Å². The van der Waals surface area contributed by atoms with Crippen LogP contribution in [0.5, 0.6) is 0 Å². The quantitative estimate of drug-likeness (QED) is 0.801. The molecule has 1 aliphatic carbocycles. The van der Waals surface area contributed by atoms with Gasteiger partial charge in [-0.15, -0.1) is 12.4 Å². The second-order valence-corrected chi connectivity index (χ2v) is 6.88. The SMILES string of the molecule is Cl.O=C(OC1CN2CCC1CC2)C1(c2ccccc2)CCC1. The molecule has 0 aromatic heterocycles. The maximum absolute atomic E-state index is 12.9. The van der Waals surface area contributed by atoms with Crippen molar-refractivity contribution in [2.75, 3.05) is 19.6 Å². The Morgan fingerprint density at radius 3 is 2.32 bits per heavy atom. The summed E-state index contributed by atoms with van der Waals surface area (Å²) in [6, 6.07) is 10.2. The van der Waals surface area contributed by atoms with Crippen LogP contribution in [0.2, 0.25) is 0 Å². The van der Waals surface area contributed by atoms with E-state index in [-0.39, 0.29) is 29.9 Å². The van der Waals surface area contributed by atoms with Crippen molar-refractivity contribution >= 4 is 18.4 Å². The molecule has 1 saturated carbocycles. The van der Waals surface area contributed by atoms with Crippen LogP contribution in [0.4, 0.5) is 0 Å². The molecule has 0 radical (unpaired) electrons. The number of hydrogen-bond donors (Lipinski definition) is 0. The van der Waals surface area contributed by atoms with Crippen LogP contribution in [-0.2, 0) is 14.9 Å². The molecular formula is C18H24ClNO2. The first-order valence-electron chi connectivity index (χ1n) is 8.27. The number of nitrogens with zero attached hydrogens (tertiary/aromatic N) is 1. The number of fused-ring (bicyclic) bond motifs is 3.